The third kappa shape index (κ3) is 5.50. The Bertz CT molecular complexity index is 336. The number of nitrogens with zero attached hydrogens (tertiary/aromatic N) is 1. The lowest BCUT2D eigenvalue weighted by atomic mass is 9.94. The molecule has 0 saturated carbocycles. The lowest BCUT2D eigenvalue weighted by Crippen LogP contribution is -2.57. The second-order valence-electron chi connectivity index (χ2n) is 7.59. The van der Waals surface area contributed by atoms with Crippen molar-refractivity contribution in [1.29, 1.82) is 0 Å². The van der Waals surface area contributed by atoms with Crippen molar-refractivity contribution in [2.24, 2.45) is 5.92 Å². The van der Waals surface area contributed by atoms with Crippen LogP contribution in [0.1, 0.15) is 67.7 Å². The number of nitrogens with one attached hydrogen (secondary N) is 1. The number of carbonyl (C=O) groups is 1. The first-order chi connectivity index (χ1) is 9.65. The average molecular weight is 298 g/mol. The summed E-state index contributed by atoms with van der Waals surface area (Å²) in [6.45, 7) is 15.4. The van der Waals surface area contributed by atoms with E-state index in [1.54, 1.807) is 0 Å². The first-order valence-corrected chi connectivity index (χ1v) is 8.41. The number of piperidine rings is 1. The highest BCUT2D eigenvalue weighted by molar-refractivity contribution is 5.68. The van der Waals surface area contributed by atoms with Gasteiger partial charge in [-0.15, -0.1) is 0 Å². The summed E-state index contributed by atoms with van der Waals surface area (Å²) in [5.41, 5.74) is -0.430. The fourth-order valence-electron chi connectivity index (χ4n) is 3.00. The van der Waals surface area contributed by atoms with Gasteiger partial charge in [-0.2, -0.15) is 0 Å². The summed E-state index contributed by atoms with van der Waals surface area (Å²) in [6.07, 6.45) is 3.10. The minimum atomic E-state index is -0.430. The van der Waals surface area contributed by atoms with E-state index in [1.807, 2.05) is 25.7 Å². The van der Waals surface area contributed by atoms with Crippen LogP contribution in [0.4, 0.5) is 4.79 Å². The summed E-state index contributed by atoms with van der Waals surface area (Å²) in [5, 5.41) is 3.75. The second kappa shape index (κ2) is 7.48. The van der Waals surface area contributed by atoms with Gasteiger partial charge in [-0.1, -0.05) is 20.8 Å². The normalized spacial score (nSPS) is 25.0. The molecule has 0 radical (unpaired) electrons. The van der Waals surface area contributed by atoms with Crippen molar-refractivity contribution in [2.75, 3.05) is 6.54 Å². The maximum atomic E-state index is 12.3. The van der Waals surface area contributed by atoms with E-state index in [0.29, 0.717) is 18.0 Å². The largest absolute Gasteiger partial charge is 0.444 e. The van der Waals surface area contributed by atoms with Crippen LogP contribution in [0, 0.1) is 5.92 Å². The van der Waals surface area contributed by atoms with Crippen molar-refractivity contribution < 1.29 is 9.53 Å². The molecular weight excluding hydrogens is 264 g/mol. The first-order valence-electron chi connectivity index (χ1n) is 8.41. The second-order valence-corrected chi connectivity index (χ2v) is 7.59. The predicted molar refractivity (Wildman–Crippen MR) is 87.5 cm³/mol. The van der Waals surface area contributed by atoms with Crippen molar-refractivity contribution in [3.05, 3.63) is 0 Å². The molecule has 4 heteroatoms. The Morgan fingerprint density at radius 3 is 2.48 bits per heavy atom. The van der Waals surface area contributed by atoms with Gasteiger partial charge in [0.2, 0.25) is 0 Å². The van der Waals surface area contributed by atoms with Gasteiger partial charge in [0.15, 0.2) is 0 Å². The SMILES string of the molecule is CCC(NC1CCCN(C(=O)OC(C)(C)C)C1C)C(C)C. The Hall–Kier alpha value is -0.770. The van der Waals surface area contributed by atoms with E-state index in [9.17, 15) is 4.79 Å². The van der Waals surface area contributed by atoms with E-state index in [0.717, 1.165) is 25.8 Å². The number of hydrogen-bond donors (Lipinski definition) is 1. The van der Waals surface area contributed by atoms with Crippen LogP contribution < -0.4 is 5.32 Å². The number of rotatable bonds is 4. The minimum absolute atomic E-state index is 0.181. The molecule has 1 aliphatic heterocycles. The van der Waals surface area contributed by atoms with Gasteiger partial charge in [0, 0.05) is 24.7 Å². The fourth-order valence-corrected chi connectivity index (χ4v) is 3.00. The van der Waals surface area contributed by atoms with E-state index >= 15 is 0 Å². The van der Waals surface area contributed by atoms with Crippen LogP contribution in [-0.2, 0) is 4.74 Å². The van der Waals surface area contributed by atoms with E-state index in [1.165, 1.54) is 0 Å². The molecule has 0 aromatic rings. The van der Waals surface area contributed by atoms with Crippen molar-refractivity contribution in [3.63, 3.8) is 0 Å². The van der Waals surface area contributed by atoms with Gasteiger partial charge >= 0.3 is 6.09 Å². The van der Waals surface area contributed by atoms with Crippen molar-refractivity contribution in [3.8, 4) is 0 Å². The Balaban J connectivity index is 2.67. The summed E-state index contributed by atoms with van der Waals surface area (Å²) in [4.78, 5) is 14.2. The molecule has 3 unspecified atom stereocenters. The number of amides is 1. The fraction of sp³-hybridized carbons (Fsp3) is 0.941. The van der Waals surface area contributed by atoms with Gasteiger partial charge < -0.3 is 15.0 Å². The number of carbonyl (C=O) groups excluding carboxylic acids is 1. The molecule has 0 aliphatic carbocycles. The highest BCUT2D eigenvalue weighted by Gasteiger charge is 2.34. The standard InChI is InChI=1S/C17H34N2O2/c1-8-14(12(2)3)18-15-10-9-11-19(13(15)4)16(20)21-17(5,6)7/h12-15,18H,8-11H2,1-7H3. The molecule has 0 aromatic heterocycles. The molecular formula is C17H34N2O2. The van der Waals surface area contributed by atoms with Crippen LogP contribution in [0.5, 0.6) is 0 Å². The molecule has 1 heterocycles. The molecule has 3 atom stereocenters. The molecule has 1 saturated heterocycles. The first kappa shape index (κ1) is 18.3. The molecule has 0 spiro atoms. The van der Waals surface area contributed by atoms with Crippen molar-refractivity contribution >= 4 is 6.09 Å². The average Bonchev–Trinajstić information content (AvgIpc) is 2.34. The predicted octanol–water partition coefficient (Wildman–Crippen LogP) is 3.80. The van der Waals surface area contributed by atoms with E-state index in [-0.39, 0.29) is 12.1 Å². The minimum Gasteiger partial charge on any atom is -0.444 e. The third-order valence-electron chi connectivity index (χ3n) is 4.29. The monoisotopic (exact) mass is 298 g/mol. The molecule has 124 valence electrons. The highest BCUT2D eigenvalue weighted by atomic mass is 16.6. The molecule has 1 fully saturated rings. The van der Waals surface area contributed by atoms with Crippen molar-refractivity contribution in [2.45, 2.75) is 91.5 Å². The molecule has 0 aromatic carbocycles. The summed E-state index contributed by atoms with van der Waals surface area (Å²) in [7, 11) is 0. The maximum Gasteiger partial charge on any atom is 0.410 e. The summed E-state index contributed by atoms with van der Waals surface area (Å²) in [6, 6.07) is 1.05. The van der Waals surface area contributed by atoms with Crippen LogP contribution in [-0.4, -0.2) is 41.3 Å². The topological polar surface area (TPSA) is 41.6 Å². The number of hydrogen-bond acceptors (Lipinski definition) is 3. The third-order valence-corrected chi connectivity index (χ3v) is 4.29. The molecule has 1 aliphatic rings. The Morgan fingerprint density at radius 1 is 1.38 bits per heavy atom. The van der Waals surface area contributed by atoms with Crippen LogP contribution in [0.15, 0.2) is 0 Å². The van der Waals surface area contributed by atoms with Crippen LogP contribution >= 0.6 is 0 Å². The van der Waals surface area contributed by atoms with E-state index in [4.69, 9.17) is 4.74 Å². The Kier molecular flexibility index (Phi) is 6.51. The summed E-state index contributed by atoms with van der Waals surface area (Å²) >= 11 is 0. The zero-order valence-corrected chi connectivity index (χ0v) is 14.9. The Morgan fingerprint density at radius 2 is 2.00 bits per heavy atom. The maximum absolute atomic E-state index is 12.3. The zero-order valence-electron chi connectivity index (χ0n) is 14.9. The molecule has 4 nitrogen and oxygen atoms in total. The molecule has 1 amide bonds. The number of ether oxygens (including phenoxy) is 1. The van der Waals surface area contributed by atoms with Gasteiger partial charge in [-0.25, -0.2) is 4.79 Å². The number of likely N-dealkylation sites (tertiary alicyclic amines) is 1. The quantitative estimate of drug-likeness (QED) is 0.858. The van der Waals surface area contributed by atoms with Gasteiger partial charge in [0.05, 0.1) is 0 Å². The van der Waals surface area contributed by atoms with E-state index in [2.05, 4.69) is 33.0 Å². The van der Waals surface area contributed by atoms with E-state index < -0.39 is 5.60 Å². The summed E-state index contributed by atoms with van der Waals surface area (Å²) in [5.74, 6) is 0.610. The molecule has 21 heavy (non-hydrogen) atoms. The smallest absolute Gasteiger partial charge is 0.410 e. The lowest BCUT2D eigenvalue weighted by molar-refractivity contribution is 0.00588. The van der Waals surface area contributed by atoms with Crippen LogP contribution in [0.2, 0.25) is 0 Å². The van der Waals surface area contributed by atoms with Gasteiger partial charge in [0.1, 0.15) is 5.60 Å². The van der Waals surface area contributed by atoms with Crippen LogP contribution in [0.3, 0.4) is 0 Å². The van der Waals surface area contributed by atoms with Crippen molar-refractivity contribution in [1.82, 2.24) is 10.2 Å². The highest BCUT2D eigenvalue weighted by Crippen LogP contribution is 2.22. The summed E-state index contributed by atoms with van der Waals surface area (Å²) < 4.78 is 5.53. The molecule has 0 bridgehead atoms. The Labute approximate surface area is 130 Å². The molecule has 1 rings (SSSR count). The lowest BCUT2D eigenvalue weighted by Gasteiger charge is -2.42. The van der Waals surface area contributed by atoms with Crippen LogP contribution in [0.25, 0.3) is 0 Å². The van der Waals surface area contributed by atoms with Gasteiger partial charge in [-0.05, 0) is 52.9 Å². The zero-order chi connectivity index (χ0) is 16.2. The van der Waals surface area contributed by atoms with Gasteiger partial charge in [0.25, 0.3) is 0 Å². The molecule has 1 N–H and O–H groups in total. The van der Waals surface area contributed by atoms with Gasteiger partial charge in [-0.3, -0.25) is 0 Å².